The van der Waals surface area contributed by atoms with Gasteiger partial charge in [0.25, 0.3) is 0 Å². The molecule has 0 bridgehead atoms. The maximum Gasteiger partial charge on any atom is 0.239 e. The second kappa shape index (κ2) is 13.8. The van der Waals surface area contributed by atoms with E-state index in [0.717, 1.165) is 57.7 Å². The van der Waals surface area contributed by atoms with Crippen molar-refractivity contribution in [2.45, 2.75) is 63.7 Å². The Morgan fingerprint density at radius 2 is 1.74 bits per heavy atom. The molecule has 0 spiro atoms. The highest BCUT2D eigenvalue weighted by molar-refractivity contribution is 7.84. The Morgan fingerprint density at radius 3 is 2.54 bits per heavy atom. The van der Waals surface area contributed by atoms with E-state index in [1.54, 1.807) is 6.08 Å². The number of nitrogens with one attached hydrogen (secondary N) is 3. The summed E-state index contributed by atoms with van der Waals surface area (Å²) in [5.74, 6) is 1.04. The van der Waals surface area contributed by atoms with E-state index in [-0.39, 0.29) is 5.41 Å². The minimum absolute atomic E-state index is 0.115. The lowest BCUT2D eigenvalue weighted by molar-refractivity contribution is 0.319. The Morgan fingerprint density at radius 1 is 0.920 bits per heavy atom. The smallest absolute Gasteiger partial charge is 0.239 e. The standard InChI is InChI=1S/C38H40N10S2/c1-38(14-4-2-5-15-38)25-8-10-28(30(20-25)43-34(49)12-16-39)32-22-27-23-33(46-37-41-24-40-36(45-32)48(27)37)29-11-9-26(47-18-6-3-7-19-47)21-31(29)44-35-13-17-42-50-35/h8-13,16-17,20-24,39,43-44,49H,2-7,14-15,18-19H2,1H3/b34-12-,39-16?. The van der Waals surface area contributed by atoms with Crippen molar-refractivity contribution in [3.63, 3.8) is 0 Å². The minimum atomic E-state index is 0.115. The molecular formula is C38H40N10S2. The number of thiol groups is 1. The first-order chi connectivity index (χ1) is 24.5. The van der Waals surface area contributed by atoms with Crippen molar-refractivity contribution in [2.24, 2.45) is 20.0 Å². The van der Waals surface area contributed by atoms with Crippen LogP contribution in [0, 0.1) is 5.41 Å². The molecule has 0 radical (unpaired) electrons. The molecule has 0 unspecified atom stereocenters. The van der Waals surface area contributed by atoms with E-state index >= 15 is 0 Å². The first-order valence-corrected chi connectivity index (χ1v) is 18.6. The predicted octanol–water partition coefficient (Wildman–Crippen LogP) is 8.73. The number of nitrogens with zero attached hydrogens (tertiary/aromatic N) is 7. The van der Waals surface area contributed by atoms with Gasteiger partial charge in [-0.05, 0) is 103 Å². The van der Waals surface area contributed by atoms with Gasteiger partial charge >= 0.3 is 0 Å². The van der Waals surface area contributed by atoms with Crippen LogP contribution in [0.1, 0.15) is 75.0 Å². The van der Waals surface area contributed by atoms with Crippen LogP contribution in [-0.2, 0) is 5.41 Å². The van der Waals surface area contributed by atoms with Crippen molar-refractivity contribution in [1.29, 1.82) is 5.41 Å². The molecule has 3 aromatic rings. The maximum atomic E-state index is 7.60. The summed E-state index contributed by atoms with van der Waals surface area (Å²) >= 11 is 6.07. The van der Waals surface area contributed by atoms with Crippen molar-refractivity contribution in [2.75, 3.05) is 28.6 Å². The number of benzene rings is 2. The van der Waals surface area contributed by atoms with Crippen LogP contribution in [0.2, 0.25) is 0 Å². The van der Waals surface area contributed by atoms with E-state index in [4.69, 9.17) is 15.4 Å². The fourth-order valence-corrected chi connectivity index (χ4v) is 8.19. The first kappa shape index (κ1) is 32.4. The maximum absolute atomic E-state index is 7.60. The van der Waals surface area contributed by atoms with Gasteiger partial charge in [0.1, 0.15) is 11.3 Å². The number of anilines is 4. The number of aromatic nitrogens is 1. The van der Waals surface area contributed by atoms with E-state index < -0.39 is 0 Å². The number of hydrogen-bond acceptors (Lipinski definition) is 12. The second-order valence-electron chi connectivity index (χ2n) is 13.5. The molecule has 4 aliphatic heterocycles. The van der Waals surface area contributed by atoms with E-state index in [0.29, 0.717) is 16.9 Å². The largest absolute Gasteiger partial charge is 0.371 e. The van der Waals surface area contributed by atoms with Crippen molar-refractivity contribution in [1.82, 2.24) is 9.27 Å². The van der Waals surface area contributed by atoms with Gasteiger partial charge in [-0.1, -0.05) is 38.3 Å². The quantitative estimate of drug-likeness (QED) is 0.132. The lowest BCUT2D eigenvalue weighted by Gasteiger charge is -2.35. The van der Waals surface area contributed by atoms with E-state index in [2.05, 4.69) is 98.0 Å². The van der Waals surface area contributed by atoms with Crippen LogP contribution < -0.4 is 15.5 Å². The summed E-state index contributed by atoms with van der Waals surface area (Å²) in [7, 11) is 0. The van der Waals surface area contributed by atoms with Crippen LogP contribution in [0.3, 0.4) is 0 Å². The average molecular weight is 701 g/mol. The van der Waals surface area contributed by atoms with Gasteiger partial charge in [-0.25, -0.2) is 24.9 Å². The molecule has 3 N–H and O–H groups in total. The summed E-state index contributed by atoms with van der Waals surface area (Å²) in [5, 5.41) is 16.2. The average Bonchev–Trinajstić information content (AvgIpc) is 3.65. The van der Waals surface area contributed by atoms with Crippen molar-refractivity contribution in [3.8, 4) is 0 Å². The van der Waals surface area contributed by atoms with Crippen LogP contribution in [0.15, 0.2) is 97.6 Å². The Kier molecular flexibility index (Phi) is 8.96. The Labute approximate surface area is 302 Å². The minimum Gasteiger partial charge on any atom is -0.371 e. The molecule has 1 saturated heterocycles. The van der Waals surface area contributed by atoms with Crippen LogP contribution >= 0.6 is 24.2 Å². The number of rotatable bonds is 9. The third-order valence-electron chi connectivity index (χ3n) is 10.2. The molecule has 10 nitrogen and oxygen atoms in total. The fraction of sp³-hybridized carbons (Fsp3) is 0.316. The predicted molar refractivity (Wildman–Crippen MR) is 212 cm³/mol. The number of hydrogen-bond donors (Lipinski definition) is 4. The molecule has 2 fully saturated rings. The summed E-state index contributed by atoms with van der Waals surface area (Å²) in [6.45, 7) is 4.50. The molecule has 5 aliphatic rings. The highest BCUT2D eigenvalue weighted by Crippen LogP contribution is 2.42. The van der Waals surface area contributed by atoms with Gasteiger partial charge in [0.15, 0.2) is 0 Å². The molecule has 254 valence electrons. The fourth-order valence-electron chi connectivity index (χ4n) is 7.48. The summed E-state index contributed by atoms with van der Waals surface area (Å²) in [4.78, 5) is 23.6. The molecule has 1 saturated carbocycles. The van der Waals surface area contributed by atoms with Gasteiger partial charge in [0, 0.05) is 48.0 Å². The molecule has 0 atom stereocenters. The third kappa shape index (κ3) is 6.45. The SMILES string of the molecule is CC1(c2ccc(C3=NC4=NC=NC5=NC(c6ccc(N7CCCCC7)cc6Nc6ccns6)=CC(=C3)N45)c(N/C(S)=C/C=N)c2)CCCCC1. The van der Waals surface area contributed by atoms with Crippen molar-refractivity contribution < 1.29 is 0 Å². The van der Waals surface area contributed by atoms with Gasteiger partial charge in [0.05, 0.1) is 27.8 Å². The van der Waals surface area contributed by atoms with Crippen LogP contribution in [0.4, 0.5) is 22.1 Å². The summed E-state index contributed by atoms with van der Waals surface area (Å²) < 4.78 is 4.32. The number of aliphatic imine (C=N–C) groups is 4. The van der Waals surface area contributed by atoms with Gasteiger partial charge in [-0.15, -0.1) is 12.6 Å². The summed E-state index contributed by atoms with van der Waals surface area (Å²) in [6, 6.07) is 15.2. The monoisotopic (exact) mass is 700 g/mol. The highest BCUT2D eigenvalue weighted by Gasteiger charge is 2.33. The molecule has 5 heterocycles. The van der Waals surface area contributed by atoms with Crippen molar-refractivity contribution >= 4 is 82.1 Å². The van der Waals surface area contributed by atoms with E-state index in [1.165, 1.54) is 86.7 Å². The Balaban J connectivity index is 1.21. The highest BCUT2D eigenvalue weighted by atomic mass is 32.1. The zero-order valence-corrected chi connectivity index (χ0v) is 29.8. The molecule has 0 amide bonds. The van der Waals surface area contributed by atoms with E-state index in [1.807, 2.05) is 17.2 Å². The van der Waals surface area contributed by atoms with Crippen molar-refractivity contribution in [3.05, 3.63) is 94.3 Å². The van der Waals surface area contributed by atoms with Gasteiger partial charge in [0.2, 0.25) is 11.9 Å². The Hall–Kier alpha value is -4.81. The van der Waals surface area contributed by atoms with E-state index in [9.17, 15) is 0 Å². The van der Waals surface area contributed by atoms with Crippen LogP contribution in [0.5, 0.6) is 0 Å². The number of guanidine groups is 2. The lowest BCUT2D eigenvalue weighted by Crippen LogP contribution is -2.40. The van der Waals surface area contributed by atoms with Gasteiger partial charge < -0.3 is 20.9 Å². The Bertz CT molecular complexity index is 2020. The molecule has 50 heavy (non-hydrogen) atoms. The van der Waals surface area contributed by atoms with Crippen LogP contribution in [-0.4, -0.2) is 52.5 Å². The number of piperidine rings is 1. The number of allylic oxidation sites excluding steroid dienone is 3. The zero-order chi connectivity index (χ0) is 34.1. The topological polar surface area (TPSA) is 117 Å². The van der Waals surface area contributed by atoms with Crippen LogP contribution in [0.25, 0.3) is 5.70 Å². The van der Waals surface area contributed by atoms with Gasteiger partial charge in [-0.2, -0.15) is 4.37 Å². The zero-order valence-electron chi connectivity index (χ0n) is 28.1. The third-order valence-corrected chi connectivity index (χ3v) is 11.1. The lowest BCUT2D eigenvalue weighted by atomic mass is 9.71. The summed E-state index contributed by atoms with van der Waals surface area (Å²) in [6.07, 6.45) is 20.2. The molecule has 2 aromatic carbocycles. The first-order valence-electron chi connectivity index (χ1n) is 17.4. The van der Waals surface area contributed by atoms with Gasteiger partial charge in [-0.3, -0.25) is 0 Å². The normalized spacial score (nSPS) is 19.8. The molecular weight excluding hydrogens is 661 g/mol. The summed E-state index contributed by atoms with van der Waals surface area (Å²) in [5.41, 5.74) is 8.82. The molecule has 8 rings (SSSR count). The second-order valence-corrected chi connectivity index (χ2v) is 14.8. The molecule has 12 heteroatoms. The molecule has 1 aliphatic carbocycles. The molecule has 1 aromatic heterocycles.